The Kier molecular flexibility index (Phi) is 3.89. The molecule has 0 atom stereocenters. The van der Waals surface area contributed by atoms with Crippen LogP contribution in [0.25, 0.3) is 0 Å². The summed E-state index contributed by atoms with van der Waals surface area (Å²) in [5.74, 6) is -0.212. The molecule has 5 heteroatoms. The summed E-state index contributed by atoms with van der Waals surface area (Å²) in [6, 6.07) is 12.0. The van der Waals surface area contributed by atoms with Crippen LogP contribution in [-0.4, -0.2) is 5.91 Å². The molecule has 0 aromatic heterocycles. The first-order valence-corrected chi connectivity index (χ1v) is 6.35. The molecule has 1 amide bonds. The Bertz CT molecular complexity index is 601. The monoisotopic (exact) mass is 324 g/mol. The standard InChI is InChI=1S/C13H10BrClN2O/c14-11-7-10(4-5-12(11)15)17-13(18)8-2-1-3-9(16)6-8/h1-7H,16H2,(H,17,18). The highest BCUT2D eigenvalue weighted by Gasteiger charge is 2.07. The molecular weight excluding hydrogens is 316 g/mol. The zero-order chi connectivity index (χ0) is 13.1. The van der Waals surface area contributed by atoms with E-state index in [9.17, 15) is 4.79 Å². The molecule has 18 heavy (non-hydrogen) atoms. The zero-order valence-electron chi connectivity index (χ0n) is 9.28. The van der Waals surface area contributed by atoms with Crippen LogP contribution in [0.5, 0.6) is 0 Å². The van der Waals surface area contributed by atoms with E-state index in [0.717, 1.165) is 4.47 Å². The molecule has 0 aliphatic heterocycles. The number of hydrogen-bond donors (Lipinski definition) is 2. The van der Waals surface area contributed by atoms with E-state index in [1.54, 1.807) is 42.5 Å². The molecule has 2 rings (SSSR count). The molecular formula is C13H10BrClN2O. The van der Waals surface area contributed by atoms with Gasteiger partial charge in [-0.15, -0.1) is 0 Å². The van der Waals surface area contributed by atoms with Crippen molar-refractivity contribution in [2.45, 2.75) is 0 Å². The molecule has 0 aliphatic rings. The van der Waals surface area contributed by atoms with Crippen molar-refractivity contribution in [3.8, 4) is 0 Å². The van der Waals surface area contributed by atoms with E-state index < -0.39 is 0 Å². The largest absolute Gasteiger partial charge is 0.399 e. The van der Waals surface area contributed by atoms with E-state index >= 15 is 0 Å². The smallest absolute Gasteiger partial charge is 0.255 e. The minimum atomic E-state index is -0.212. The Labute approximate surface area is 118 Å². The third-order valence-electron chi connectivity index (χ3n) is 2.33. The topological polar surface area (TPSA) is 55.1 Å². The average Bonchev–Trinajstić information content (AvgIpc) is 2.34. The lowest BCUT2D eigenvalue weighted by Gasteiger charge is -2.07. The molecule has 0 bridgehead atoms. The number of carbonyl (C=O) groups excluding carboxylic acids is 1. The van der Waals surface area contributed by atoms with E-state index in [2.05, 4.69) is 21.2 Å². The predicted octanol–water partition coefficient (Wildman–Crippen LogP) is 3.94. The second-order valence-electron chi connectivity index (χ2n) is 3.71. The SMILES string of the molecule is Nc1cccc(C(=O)Nc2ccc(Cl)c(Br)c2)c1. The molecule has 2 aromatic carbocycles. The van der Waals surface area contributed by atoms with Gasteiger partial charge in [-0.05, 0) is 52.3 Å². The summed E-state index contributed by atoms with van der Waals surface area (Å²) in [6.07, 6.45) is 0. The summed E-state index contributed by atoms with van der Waals surface area (Å²) in [6.45, 7) is 0. The minimum absolute atomic E-state index is 0.212. The van der Waals surface area contributed by atoms with Crippen molar-refractivity contribution in [1.82, 2.24) is 0 Å². The fourth-order valence-corrected chi connectivity index (χ4v) is 1.95. The number of nitrogens with one attached hydrogen (secondary N) is 1. The Balaban J connectivity index is 2.18. The Morgan fingerprint density at radius 1 is 1.22 bits per heavy atom. The number of carbonyl (C=O) groups is 1. The maximum Gasteiger partial charge on any atom is 0.255 e. The van der Waals surface area contributed by atoms with Crippen molar-refractivity contribution in [2.75, 3.05) is 11.1 Å². The van der Waals surface area contributed by atoms with Gasteiger partial charge in [0, 0.05) is 21.4 Å². The first-order valence-electron chi connectivity index (χ1n) is 5.18. The van der Waals surface area contributed by atoms with E-state index in [1.807, 2.05) is 0 Å². The third kappa shape index (κ3) is 3.03. The van der Waals surface area contributed by atoms with Gasteiger partial charge >= 0.3 is 0 Å². The summed E-state index contributed by atoms with van der Waals surface area (Å²) in [7, 11) is 0. The van der Waals surface area contributed by atoms with Crippen LogP contribution in [0.3, 0.4) is 0 Å². The number of nitrogens with two attached hydrogens (primary N) is 1. The highest BCUT2D eigenvalue weighted by molar-refractivity contribution is 9.10. The summed E-state index contributed by atoms with van der Waals surface area (Å²) in [5.41, 5.74) is 7.36. The number of benzene rings is 2. The van der Waals surface area contributed by atoms with Gasteiger partial charge in [0.15, 0.2) is 0 Å². The van der Waals surface area contributed by atoms with Crippen LogP contribution in [-0.2, 0) is 0 Å². The maximum atomic E-state index is 11.9. The number of rotatable bonds is 2. The van der Waals surface area contributed by atoms with Crippen molar-refractivity contribution in [2.24, 2.45) is 0 Å². The molecule has 0 radical (unpaired) electrons. The van der Waals surface area contributed by atoms with Gasteiger partial charge in [0.05, 0.1) is 5.02 Å². The molecule has 0 saturated heterocycles. The number of halogens is 2. The Hall–Kier alpha value is -1.52. The molecule has 2 aromatic rings. The van der Waals surface area contributed by atoms with E-state index in [1.165, 1.54) is 0 Å². The van der Waals surface area contributed by atoms with Gasteiger partial charge in [-0.3, -0.25) is 4.79 Å². The molecule has 0 aliphatic carbocycles. The number of amides is 1. The zero-order valence-corrected chi connectivity index (χ0v) is 11.6. The van der Waals surface area contributed by atoms with Crippen LogP contribution in [0.2, 0.25) is 5.02 Å². The van der Waals surface area contributed by atoms with Crippen molar-refractivity contribution < 1.29 is 4.79 Å². The quantitative estimate of drug-likeness (QED) is 0.822. The molecule has 92 valence electrons. The van der Waals surface area contributed by atoms with Gasteiger partial charge in [0.2, 0.25) is 0 Å². The molecule has 0 spiro atoms. The first-order chi connectivity index (χ1) is 8.56. The molecule has 0 unspecified atom stereocenters. The van der Waals surface area contributed by atoms with E-state index in [0.29, 0.717) is 22.0 Å². The van der Waals surface area contributed by atoms with E-state index in [4.69, 9.17) is 17.3 Å². The normalized spacial score (nSPS) is 10.1. The number of hydrogen-bond acceptors (Lipinski definition) is 2. The minimum Gasteiger partial charge on any atom is -0.399 e. The Morgan fingerprint density at radius 3 is 2.67 bits per heavy atom. The summed E-state index contributed by atoms with van der Waals surface area (Å²) in [4.78, 5) is 11.9. The van der Waals surface area contributed by atoms with Gasteiger partial charge < -0.3 is 11.1 Å². The van der Waals surface area contributed by atoms with Gasteiger partial charge in [0.1, 0.15) is 0 Å². The van der Waals surface area contributed by atoms with Crippen molar-refractivity contribution in [3.05, 3.63) is 57.5 Å². The lowest BCUT2D eigenvalue weighted by Crippen LogP contribution is -2.12. The van der Waals surface area contributed by atoms with Crippen LogP contribution < -0.4 is 11.1 Å². The highest BCUT2D eigenvalue weighted by atomic mass is 79.9. The van der Waals surface area contributed by atoms with Crippen LogP contribution in [0.15, 0.2) is 46.9 Å². The lowest BCUT2D eigenvalue weighted by molar-refractivity contribution is 0.102. The van der Waals surface area contributed by atoms with Crippen LogP contribution in [0.4, 0.5) is 11.4 Å². The summed E-state index contributed by atoms with van der Waals surface area (Å²) in [5, 5.41) is 3.36. The number of nitrogen functional groups attached to an aromatic ring is 1. The fraction of sp³-hybridized carbons (Fsp3) is 0. The number of anilines is 2. The Morgan fingerprint density at radius 2 is 2.00 bits per heavy atom. The second kappa shape index (κ2) is 5.42. The van der Waals surface area contributed by atoms with Crippen molar-refractivity contribution in [1.29, 1.82) is 0 Å². The molecule has 0 saturated carbocycles. The average molecular weight is 326 g/mol. The van der Waals surface area contributed by atoms with Crippen molar-refractivity contribution in [3.63, 3.8) is 0 Å². The third-order valence-corrected chi connectivity index (χ3v) is 3.54. The predicted molar refractivity (Wildman–Crippen MR) is 78.0 cm³/mol. The summed E-state index contributed by atoms with van der Waals surface area (Å²) >= 11 is 9.18. The maximum absolute atomic E-state index is 11.9. The molecule has 0 fully saturated rings. The van der Waals surface area contributed by atoms with Crippen LogP contribution in [0.1, 0.15) is 10.4 Å². The van der Waals surface area contributed by atoms with Crippen molar-refractivity contribution >= 4 is 44.8 Å². The van der Waals surface area contributed by atoms with Gasteiger partial charge in [-0.2, -0.15) is 0 Å². The van der Waals surface area contributed by atoms with Gasteiger partial charge in [-0.25, -0.2) is 0 Å². The molecule has 3 N–H and O–H groups in total. The van der Waals surface area contributed by atoms with Crippen LogP contribution >= 0.6 is 27.5 Å². The van der Waals surface area contributed by atoms with E-state index in [-0.39, 0.29) is 5.91 Å². The summed E-state index contributed by atoms with van der Waals surface area (Å²) < 4.78 is 0.731. The molecule has 0 heterocycles. The van der Waals surface area contributed by atoms with Crippen LogP contribution in [0, 0.1) is 0 Å². The highest BCUT2D eigenvalue weighted by Crippen LogP contribution is 2.25. The molecule has 3 nitrogen and oxygen atoms in total. The first kappa shape index (κ1) is 12.9. The fourth-order valence-electron chi connectivity index (χ4n) is 1.46. The van der Waals surface area contributed by atoms with Gasteiger partial charge in [-0.1, -0.05) is 17.7 Å². The van der Waals surface area contributed by atoms with Gasteiger partial charge in [0.25, 0.3) is 5.91 Å². The second-order valence-corrected chi connectivity index (χ2v) is 4.97. The lowest BCUT2D eigenvalue weighted by atomic mass is 10.2.